The largest absolute Gasteiger partial charge is 0.761 e. The smallest absolute Gasteiger partial charge is 0.167 e. The molecule has 138 valence electrons. The van der Waals surface area contributed by atoms with Gasteiger partial charge in [0, 0.05) is 41.4 Å². The first-order valence-electron chi connectivity index (χ1n) is 8.90. The van der Waals surface area contributed by atoms with Crippen LogP contribution in [0.4, 0.5) is 17.1 Å². The van der Waals surface area contributed by atoms with Crippen molar-refractivity contribution in [2.45, 2.75) is 26.7 Å². The Bertz CT molecular complexity index is 975. The van der Waals surface area contributed by atoms with Crippen LogP contribution in [0.1, 0.15) is 36.3 Å². The first-order valence-corrected chi connectivity index (χ1v) is 8.90. The molecule has 2 aromatic heterocycles. The fourth-order valence-corrected chi connectivity index (χ4v) is 3.68. The minimum Gasteiger partial charge on any atom is -0.761 e. The van der Waals surface area contributed by atoms with Gasteiger partial charge in [0.05, 0.1) is 16.9 Å². The number of pyridine rings is 1. The van der Waals surface area contributed by atoms with E-state index in [9.17, 15) is 10.0 Å². The summed E-state index contributed by atoms with van der Waals surface area (Å²) in [5.41, 5.74) is 7.41. The van der Waals surface area contributed by atoms with Crippen molar-refractivity contribution in [2.75, 3.05) is 10.8 Å². The van der Waals surface area contributed by atoms with Crippen LogP contribution in [0.15, 0.2) is 48.8 Å². The summed E-state index contributed by atoms with van der Waals surface area (Å²) in [4.78, 5) is 20.5. The van der Waals surface area contributed by atoms with E-state index in [0.29, 0.717) is 12.1 Å². The lowest BCUT2D eigenvalue weighted by atomic mass is 9.76. The minimum atomic E-state index is -0.0663. The van der Waals surface area contributed by atoms with Crippen LogP contribution in [-0.2, 0) is 6.42 Å². The molecular weight excluding hydrogens is 340 g/mol. The number of hydrogen-bond acceptors (Lipinski definition) is 5. The van der Waals surface area contributed by atoms with Gasteiger partial charge < -0.3 is 21.0 Å². The number of anilines is 3. The monoisotopic (exact) mass is 361 g/mol. The lowest BCUT2D eigenvalue weighted by molar-refractivity contribution is 0.0912. The lowest BCUT2D eigenvalue weighted by Crippen LogP contribution is -2.26. The number of benzene rings is 1. The molecule has 0 aliphatic heterocycles. The zero-order chi connectivity index (χ0) is 19.0. The van der Waals surface area contributed by atoms with Crippen molar-refractivity contribution < 1.29 is 4.79 Å². The molecule has 3 N–H and O–H groups in total. The normalized spacial score (nSPS) is 15.3. The second kappa shape index (κ2) is 6.55. The Kier molecular flexibility index (Phi) is 4.20. The third kappa shape index (κ3) is 3.31. The van der Waals surface area contributed by atoms with E-state index in [-0.39, 0.29) is 11.2 Å². The molecule has 0 bridgehead atoms. The molecule has 0 fully saturated rings. The number of Topliss-reactive ketones (excluding diaryl/α,β-unsaturated/α-hetero) is 1. The summed E-state index contributed by atoms with van der Waals surface area (Å²) < 4.78 is 0. The van der Waals surface area contributed by atoms with Crippen molar-refractivity contribution in [3.8, 4) is 11.3 Å². The maximum atomic E-state index is 12.9. The topological polar surface area (TPSA) is 92.9 Å². The Hall–Kier alpha value is -3.12. The van der Waals surface area contributed by atoms with Crippen LogP contribution in [-0.4, -0.2) is 15.8 Å². The number of ketones is 1. The van der Waals surface area contributed by atoms with Crippen molar-refractivity contribution >= 4 is 22.8 Å². The van der Waals surface area contributed by atoms with Crippen molar-refractivity contribution in [3.05, 3.63) is 65.3 Å². The molecule has 0 saturated carbocycles. The Morgan fingerprint density at radius 2 is 1.70 bits per heavy atom. The van der Waals surface area contributed by atoms with Gasteiger partial charge in [-0.15, -0.1) is 0 Å². The summed E-state index contributed by atoms with van der Waals surface area (Å²) in [5.74, 6) is 0.137. The highest BCUT2D eigenvalue weighted by Crippen LogP contribution is 2.43. The van der Waals surface area contributed by atoms with Gasteiger partial charge in [-0.1, -0.05) is 13.8 Å². The molecule has 0 saturated heterocycles. The van der Waals surface area contributed by atoms with Gasteiger partial charge >= 0.3 is 0 Å². The number of nitrogens with one attached hydrogen (secondary N) is 3. The van der Waals surface area contributed by atoms with E-state index in [0.717, 1.165) is 40.3 Å². The van der Waals surface area contributed by atoms with Gasteiger partial charge in [-0.05, 0) is 48.2 Å². The Labute approximate surface area is 157 Å². The van der Waals surface area contributed by atoms with E-state index in [1.165, 1.54) is 0 Å². The predicted octanol–water partition coefficient (Wildman–Crippen LogP) is 4.89. The zero-order valence-corrected chi connectivity index (χ0v) is 15.3. The maximum Gasteiger partial charge on any atom is 0.167 e. The first-order chi connectivity index (χ1) is 13.0. The molecular formula is C21H21N4O2-. The summed E-state index contributed by atoms with van der Waals surface area (Å²) in [5, 5.41) is 14.2. The summed E-state index contributed by atoms with van der Waals surface area (Å²) in [6, 6.07) is 10.9. The van der Waals surface area contributed by atoms with Gasteiger partial charge in [0.2, 0.25) is 0 Å². The van der Waals surface area contributed by atoms with E-state index in [1.807, 2.05) is 29.7 Å². The number of nitrogens with zero attached hydrogens (tertiary/aromatic N) is 1. The number of aromatic nitrogens is 2. The number of carbonyl (C=O) groups excluding carboxylic acids is 1. The molecule has 6 nitrogen and oxygen atoms in total. The van der Waals surface area contributed by atoms with E-state index in [2.05, 4.69) is 29.1 Å². The Balaban J connectivity index is 1.83. The Morgan fingerprint density at radius 3 is 2.37 bits per heavy atom. The van der Waals surface area contributed by atoms with Crippen LogP contribution in [0, 0.1) is 10.6 Å². The van der Waals surface area contributed by atoms with E-state index in [4.69, 9.17) is 0 Å². The van der Waals surface area contributed by atoms with Gasteiger partial charge in [0.1, 0.15) is 0 Å². The zero-order valence-electron chi connectivity index (χ0n) is 15.3. The minimum absolute atomic E-state index is 0.0663. The number of rotatable bonds is 4. The predicted molar refractivity (Wildman–Crippen MR) is 107 cm³/mol. The van der Waals surface area contributed by atoms with Crippen molar-refractivity contribution in [3.63, 3.8) is 0 Å². The molecule has 0 radical (unpaired) electrons. The molecule has 27 heavy (non-hydrogen) atoms. The molecule has 6 heteroatoms. The SMILES string of the molecule is CC1(C)CC(=O)c2c([nH]c(-c3ccncc3)c2Nc2ccc(N[O-])cc2)C1. The molecule has 1 aliphatic rings. The standard InChI is InChI=1S/C21H21N4O2/c1-21(2)11-16-18(17(26)12-21)20(19(24-16)13-7-9-22-10-8-13)23-14-3-5-15(25-27)6-4-14/h3-10,23-25H,11-12H2,1-2H3/q-1. The number of carbonyl (C=O) groups is 1. The van der Waals surface area contributed by atoms with Crippen LogP contribution < -0.4 is 10.8 Å². The lowest BCUT2D eigenvalue weighted by Gasteiger charge is -2.28. The third-order valence-corrected chi connectivity index (χ3v) is 4.89. The van der Waals surface area contributed by atoms with E-state index >= 15 is 0 Å². The number of fused-ring (bicyclic) bond motifs is 1. The summed E-state index contributed by atoms with van der Waals surface area (Å²) in [7, 11) is 0. The summed E-state index contributed by atoms with van der Waals surface area (Å²) in [6.45, 7) is 4.23. The molecule has 3 aromatic rings. The van der Waals surface area contributed by atoms with Gasteiger partial charge in [-0.3, -0.25) is 9.78 Å². The average Bonchev–Trinajstić information content (AvgIpc) is 3.00. The fraction of sp³-hybridized carbons (Fsp3) is 0.238. The average molecular weight is 361 g/mol. The number of H-pyrrole nitrogens is 1. The van der Waals surface area contributed by atoms with Gasteiger partial charge in [-0.25, -0.2) is 0 Å². The second-order valence-electron chi connectivity index (χ2n) is 7.71. The molecule has 4 rings (SSSR count). The number of aromatic amines is 1. The van der Waals surface area contributed by atoms with Gasteiger partial charge in [0.25, 0.3) is 0 Å². The fourth-order valence-electron chi connectivity index (χ4n) is 3.68. The summed E-state index contributed by atoms with van der Waals surface area (Å²) in [6.07, 6.45) is 4.80. The highest BCUT2D eigenvalue weighted by atomic mass is 16.5. The molecule has 2 heterocycles. The molecule has 0 atom stereocenters. The van der Waals surface area contributed by atoms with Crippen molar-refractivity contribution in [2.24, 2.45) is 5.41 Å². The molecule has 1 aliphatic carbocycles. The van der Waals surface area contributed by atoms with Crippen molar-refractivity contribution in [1.82, 2.24) is 9.97 Å². The van der Waals surface area contributed by atoms with Crippen LogP contribution in [0.5, 0.6) is 0 Å². The third-order valence-electron chi connectivity index (χ3n) is 4.89. The van der Waals surface area contributed by atoms with E-state index < -0.39 is 0 Å². The van der Waals surface area contributed by atoms with Crippen LogP contribution in [0.25, 0.3) is 11.3 Å². The highest BCUT2D eigenvalue weighted by molar-refractivity contribution is 6.07. The van der Waals surface area contributed by atoms with Crippen LogP contribution in [0.3, 0.4) is 0 Å². The van der Waals surface area contributed by atoms with E-state index in [1.54, 1.807) is 24.5 Å². The molecule has 0 unspecified atom stereocenters. The van der Waals surface area contributed by atoms with Crippen LogP contribution >= 0.6 is 0 Å². The van der Waals surface area contributed by atoms with Crippen LogP contribution in [0.2, 0.25) is 0 Å². The van der Waals surface area contributed by atoms with Crippen molar-refractivity contribution in [1.29, 1.82) is 0 Å². The molecule has 0 spiro atoms. The second-order valence-corrected chi connectivity index (χ2v) is 7.71. The van der Waals surface area contributed by atoms with Gasteiger partial charge in [0.15, 0.2) is 5.78 Å². The quantitative estimate of drug-likeness (QED) is 0.576. The maximum absolute atomic E-state index is 12.9. The Morgan fingerprint density at radius 1 is 1.04 bits per heavy atom. The molecule has 0 amide bonds. The number of hydrogen-bond donors (Lipinski definition) is 3. The molecule has 1 aromatic carbocycles. The summed E-state index contributed by atoms with van der Waals surface area (Å²) >= 11 is 0. The first kappa shape index (κ1) is 17.3. The highest BCUT2D eigenvalue weighted by Gasteiger charge is 2.35. The van der Waals surface area contributed by atoms with Gasteiger partial charge in [-0.2, -0.15) is 0 Å².